The Morgan fingerprint density at radius 2 is 0.925 bits per heavy atom. The van der Waals surface area contributed by atoms with E-state index in [4.69, 9.17) is 0 Å². The number of allylic oxidation sites excluding steroid dienone is 8. The molecule has 0 saturated carbocycles. The number of rotatable bonds is 3. The van der Waals surface area contributed by atoms with Crippen LogP contribution in [0.2, 0.25) is 13.1 Å². The summed E-state index contributed by atoms with van der Waals surface area (Å²) in [6.45, 7) is 5.15. The Hall–Kier alpha value is -9.40. The summed E-state index contributed by atoms with van der Waals surface area (Å²) in [5, 5.41) is 11.0. The highest BCUT2D eigenvalue weighted by Gasteiger charge is 2.52. The topological polar surface area (TPSA) is 0 Å². The van der Waals surface area contributed by atoms with Gasteiger partial charge in [0.2, 0.25) is 0 Å². The molecule has 12 aromatic carbocycles. The Morgan fingerprint density at radius 3 is 1.68 bits per heavy atom. The molecule has 1 heteroatoms. The van der Waals surface area contributed by atoms with Crippen molar-refractivity contribution in [3.05, 3.63) is 299 Å². The van der Waals surface area contributed by atoms with Gasteiger partial charge in [-0.05, 0) is 194 Å². The van der Waals surface area contributed by atoms with Crippen molar-refractivity contribution in [2.75, 3.05) is 0 Å². The molecule has 0 bridgehead atoms. The highest BCUT2D eigenvalue weighted by Crippen LogP contribution is 2.64. The zero-order chi connectivity index (χ0) is 52.3. The van der Waals surface area contributed by atoms with E-state index in [9.17, 15) is 0 Å². The Bertz CT molecular complexity index is 4950. The van der Waals surface area contributed by atoms with Crippen molar-refractivity contribution in [2.24, 2.45) is 5.92 Å². The fourth-order valence-corrected chi connectivity index (χ4v) is 20.1. The Kier molecular flexibility index (Phi) is 8.30. The molecule has 370 valence electrons. The lowest BCUT2D eigenvalue weighted by Gasteiger charge is -2.31. The van der Waals surface area contributed by atoms with Gasteiger partial charge in [-0.3, -0.25) is 0 Å². The van der Waals surface area contributed by atoms with Crippen molar-refractivity contribution in [3.63, 3.8) is 0 Å². The van der Waals surface area contributed by atoms with Gasteiger partial charge in [0.05, 0.1) is 5.41 Å². The molecular formula is C79H50Si. The monoisotopic (exact) mass is 1030 g/mol. The molecule has 0 radical (unpaired) electrons. The summed E-state index contributed by atoms with van der Waals surface area (Å²) >= 11 is 0. The van der Waals surface area contributed by atoms with Gasteiger partial charge in [-0.25, -0.2) is 0 Å². The molecule has 1 aliphatic heterocycles. The summed E-state index contributed by atoms with van der Waals surface area (Å²) in [5.41, 5.74) is 31.9. The first kappa shape index (κ1) is 43.6. The SMILES string of the molecule is C[Si]1(C)c2ccccc2-c2cc3c(-c4ccc5c6c(cccc46)-c4ccccc4-5)c4ccc(-c5ccc6c(c5)C5(c7ccccc7-c7ccccc75)c5ccccc5-6)cc4c(C4=C5C=CC=C6c7ccccc7C(C=C4)C65)c3cc21. The van der Waals surface area contributed by atoms with Gasteiger partial charge in [-0.2, -0.15) is 0 Å². The van der Waals surface area contributed by atoms with Gasteiger partial charge in [-0.1, -0.05) is 250 Å². The zero-order valence-corrected chi connectivity index (χ0v) is 45.4. The lowest BCUT2D eigenvalue weighted by molar-refractivity contribution is 0.725. The fourth-order valence-electron chi connectivity index (χ4n) is 17.0. The van der Waals surface area contributed by atoms with E-state index < -0.39 is 13.5 Å². The lowest BCUT2D eigenvalue weighted by Crippen LogP contribution is -2.49. The summed E-state index contributed by atoms with van der Waals surface area (Å²) in [7, 11) is -2.14. The summed E-state index contributed by atoms with van der Waals surface area (Å²) < 4.78 is 0. The predicted molar refractivity (Wildman–Crippen MR) is 339 cm³/mol. The van der Waals surface area contributed by atoms with Crippen LogP contribution in [0.4, 0.5) is 0 Å². The Labute approximate surface area is 466 Å². The first-order valence-electron chi connectivity index (χ1n) is 28.6. The van der Waals surface area contributed by atoms with Gasteiger partial charge in [0.1, 0.15) is 8.07 Å². The number of benzene rings is 12. The first-order chi connectivity index (χ1) is 39.5. The van der Waals surface area contributed by atoms with E-state index in [2.05, 4.69) is 268 Å². The molecule has 0 amide bonds. The molecule has 0 aromatic heterocycles. The quantitative estimate of drug-likeness (QED) is 0.122. The maximum absolute atomic E-state index is 2.70. The van der Waals surface area contributed by atoms with Crippen molar-refractivity contribution in [1.82, 2.24) is 0 Å². The van der Waals surface area contributed by atoms with Gasteiger partial charge in [-0.15, -0.1) is 0 Å². The zero-order valence-electron chi connectivity index (χ0n) is 44.4. The lowest BCUT2D eigenvalue weighted by atomic mass is 9.70. The molecule has 7 aliphatic rings. The third kappa shape index (κ3) is 5.24. The number of hydrogen-bond acceptors (Lipinski definition) is 0. The van der Waals surface area contributed by atoms with E-state index >= 15 is 0 Å². The van der Waals surface area contributed by atoms with Crippen LogP contribution in [0.5, 0.6) is 0 Å². The molecule has 0 fully saturated rings. The van der Waals surface area contributed by atoms with E-state index in [-0.39, 0.29) is 5.92 Å². The molecule has 2 atom stereocenters. The molecule has 1 spiro atoms. The van der Waals surface area contributed by atoms with Gasteiger partial charge in [0, 0.05) is 11.8 Å². The van der Waals surface area contributed by atoms with Crippen LogP contribution in [-0.2, 0) is 5.41 Å². The van der Waals surface area contributed by atoms with E-state index in [1.165, 1.54) is 176 Å². The van der Waals surface area contributed by atoms with Crippen LogP contribution in [0.15, 0.2) is 260 Å². The Morgan fingerprint density at radius 1 is 0.362 bits per heavy atom. The summed E-state index contributed by atoms with van der Waals surface area (Å²) in [4.78, 5) is 0. The molecule has 0 N–H and O–H groups in total. The fraction of sp³-hybridized carbons (Fsp3) is 0.0633. The third-order valence-corrected chi connectivity index (χ3v) is 23.8. The largest absolute Gasteiger partial charge is 0.113 e. The van der Waals surface area contributed by atoms with Crippen molar-refractivity contribution < 1.29 is 0 Å². The van der Waals surface area contributed by atoms with Crippen LogP contribution >= 0.6 is 0 Å². The highest BCUT2D eigenvalue weighted by molar-refractivity contribution is 7.04. The van der Waals surface area contributed by atoms with E-state index in [0.29, 0.717) is 5.92 Å². The standard InChI is InChI=1S/C79H50Si/c1-80(2)73-32-14-10-24-55(73)65-43-67-68(44-74(65)80)78(63-40-38-61-50-20-6-4-18-48(50)57-26-16-28-59(63)76(57)61)66-41-45(34-36-64(66)77(67)62-39-37-60-49-19-5-3-17-47(49)56-25-15-27-58(62)75(56)60)46-33-35-54-53-23-9-13-31-71(53)79(72(54)42-46)69-29-11-7-21-51(69)52-22-8-12-30-70(52)79/h3-44,61,76H,1-2H3. The number of hydrogen-bond donors (Lipinski definition) is 0. The van der Waals surface area contributed by atoms with Crippen LogP contribution in [0, 0.1) is 5.92 Å². The van der Waals surface area contributed by atoms with Crippen LogP contribution in [-0.4, -0.2) is 8.07 Å². The molecule has 0 nitrogen and oxygen atoms in total. The summed E-state index contributed by atoms with van der Waals surface area (Å²) in [6.07, 6.45) is 12.3. The maximum atomic E-state index is 2.70. The molecular weight excluding hydrogens is 977 g/mol. The number of fused-ring (bicyclic) bond motifs is 21. The minimum Gasteiger partial charge on any atom is -0.0754 e. The van der Waals surface area contributed by atoms with Gasteiger partial charge in [0.25, 0.3) is 0 Å². The van der Waals surface area contributed by atoms with Crippen LogP contribution in [0.25, 0.3) is 121 Å². The molecule has 19 rings (SSSR count). The molecule has 0 saturated heterocycles. The second-order valence-electron chi connectivity index (χ2n) is 24.0. The summed E-state index contributed by atoms with van der Waals surface area (Å²) in [6, 6.07) is 87.2. The highest BCUT2D eigenvalue weighted by atomic mass is 28.3. The van der Waals surface area contributed by atoms with Crippen molar-refractivity contribution in [3.8, 4) is 77.9 Å². The second-order valence-corrected chi connectivity index (χ2v) is 28.3. The molecule has 12 aromatic rings. The summed E-state index contributed by atoms with van der Waals surface area (Å²) in [5.74, 6) is 0.546. The van der Waals surface area contributed by atoms with Gasteiger partial charge in [0.15, 0.2) is 0 Å². The van der Waals surface area contributed by atoms with Crippen LogP contribution < -0.4 is 10.4 Å². The second kappa shape index (κ2) is 15.2. The maximum Gasteiger partial charge on any atom is 0.113 e. The molecule has 1 heterocycles. The Balaban J connectivity index is 0.938. The van der Waals surface area contributed by atoms with E-state index in [1.54, 1.807) is 0 Å². The average Bonchev–Trinajstić information content (AvgIpc) is 3.90. The first-order valence-corrected chi connectivity index (χ1v) is 31.6. The average molecular weight is 1030 g/mol. The van der Waals surface area contributed by atoms with Gasteiger partial charge >= 0.3 is 0 Å². The van der Waals surface area contributed by atoms with Gasteiger partial charge < -0.3 is 0 Å². The normalized spacial score (nSPS) is 17.8. The van der Waals surface area contributed by atoms with Crippen LogP contribution in [0.3, 0.4) is 0 Å². The third-order valence-electron chi connectivity index (χ3n) is 20.2. The molecule has 6 aliphatic carbocycles. The van der Waals surface area contributed by atoms with E-state index in [1.807, 2.05) is 0 Å². The predicted octanol–water partition coefficient (Wildman–Crippen LogP) is 19.0. The van der Waals surface area contributed by atoms with Crippen molar-refractivity contribution >= 4 is 61.9 Å². The molecule has 80 heavy (non-hydrogen) atoms. The minimum absolute atomic E-state index is 0.250. The minimum atomic E-state index is -2.14. The van der Waals surface area contributed by atoms with Crippen molar-refractivity contribution in [1.29, 1.82) is 0 Å². The smallest absolute Gasteiger partial charge is 0.0754 e. The molecule has 2 unspecified atom stereocenters. The van der Waals surface area contributed by atoms with E-state index in [0.717, 1.165) is 0 Å². The van der Waals surface area contributed by atoms with Crippen molar-refractivity contribution in [2.45, 2.75) is 24.4 Å². The van der Waals surface area contributed by atoms with Crippen LogP contribution in [0.1, 0.15) is 44.9 Å².